The quantitative estimate of drug-likeness (QED) is 0.489. The fourth-order valence-corrected chi connectivity index (χ4v) is 4.93. The summed E-state index contributed by atoms with van der Waals surface area (Å²) in [5, 5.41) is 14.0. The van der Waals surface area contributed by atoms with Crippen LogP contribution in [0.25, 0.3) is 10.9 Å². The number of hydrogen-bond donors (Lipinski definition) is 2. The smallest absolute Gasteiger partial charge is 0.306 e. The highest BCUT2D eigenvalue weighted by Gasteiger charge is 2.30. The molecule has 1 atom stereocenters. The Morgan fingerprint density at radius 2 is 1.85 bits per heavy atom. The Morgan fingerprint density at radius 1 is 1.15 bits per heavy atom. The summed E-state index contributed by atoms with van der Waals surface area (Å²) in [6.07, 6.45) is 4.91. The molecule has 0 bridgehead atoms. The largest absolute Gasteiger partial charge is 0.497 e. The number of fused-ring (bicyclic) bond motifs is 1. The van der Waals surface area contributed by atoms with Gasteiger partial charge in [-0.05, 0) is 74.4 Å². The van der Waals surface area contributed by atoms with E-state index in [1.54, 1.807) is 13.2 Å². The summed E-state index contributed by atoms with van der Waals surface area (Å²) < 4.78 is 7.51. The van der Waals surface area contributed by atoms with Crippen molar-refractivity contribution < 1.29 is 19.4 Å². The zero-order valence-corrected chi connectivity index (χ0v) is 19.6. The second kappa shape index (κ2) is 9.87. The third-order valence-electron chi connectivity index (χ3n) is 6.77. The second-order valence-corrected chi connectivity index (χ2v) is 9.33. The zero-order valence-electron chi connectivity index (χ0n) is 18.9. The number of halogens is 1. The Bertz CT molecular complexity index is 1150. The number of aliphatic carboxylic acids is 1. The van der Waals surface area contributed by atoms with E-state index in [1.165, 1.54) is 0 Å². The minimum Gasteiger partial charge on any atom is -0.497 e. The Morgan fingerprint density at radius 3 is 2.48 bits per heavy atom. The van der Waals surface area contributed by atoms with Gasteiger partial charge in [0.05, 0.1) is 24.1 Å². The van der Waals surface area contributed by atoms with Crippen LogP contribution in [0.2, 0.25) is 5.02 Å². The number of carboxylic acids is 1. The van der Waals surface area contributed by atoms with Crippen molar-refractivity contribution in [3.05, 3.63) is 64.8 Å². The van der Waals surface area contributed by atoms with E-state index in [2.05, 4.69) is 9.88 Å². The third-order valence-corrected chi connectivity index (χ3v) is 7.02. The van der Waals surface area contributed by atoms with Gasteiger partial charge in [0.1, 0.15) is 5.75 Å². The molecule has 174 valence electrons. The highest BCUT2D eigenvalue weighted by Crippen LogP contribution is 2.32. The summed E-state index contributed by atoms with van der Waals surface area (Å²) in [5.74, 6) is -0.232. The predicted molar refractivity (Wildman–Crippen MR) is 129 cm³/mol. The molecule has 33 heavy (non-hydrogen) atoms. The van der Waals surface area contributed by atoms with Crippen LogP contribution in [0, 0.1) is 11.8 Å². The van der Waals surface area contributed by atoms with Crippen LogP contribution in [0.4, 0.5) is 0 Å². The molecule has 0 aliphatic heterocycles. The van der Waals surface area contributed by atoms with Crippen molar-refractivity contribution in [2.24, 2.45) is 11.8 Å². The van der Waals surface area contributed by atoms with Gasteiger partial charge in [-0.3, -0.25) is 9.59 Å². The summed E-state index contributed by atoms with van der Waals surface area (Å²) in [4.78, 5) is 24.7. The first kappa shape index (κ1) is 23.2. The van der Waals surface area contributed by atoms with Crippen molar-refractivity contribution in [3.63, 3.8) is 0 Å². The molecule has 0 spiro atoms. The van der Waals surface area contributed by atoms with Crippen molar-refractivity contribution in [1.29, 1.82) is 0 Å². The van der Waals surface area contributed by atoms with E-state index in [9.17, 15) is 14.7 Å². The maximum absolute atomic E-state index is 13.4. The third kappa shape index (κ3) is 5.17. The topological polar surface area (TPSA) is 80.6 Å². The van der Waals surface area contributed by atoms with Crippen molar-refractivity contribution in [2.45, 2.75) is 45.2 Å². The van der Waals surface area contributed by atoms with Crippen molar-refractivity contribution in [1.82, 2.24) is 9.88 Å². The molecule has 1 aromatic heterocycles. The lowest BCUT2D eigenvalue weighted by molar-refractivity contribution is -0.143. The second-order valence-electron chi connectivity index (χ2n) is 8.89. The van der Waals surface area contributed by atoms with Gasteiger partial charge >= 0.3 is 5.97 Å². The highest BCUT2D eigenvalue weighted by molar-refractivity contribution is 6.30. The van der Waals surface area contributed by atoms with Gasteiger partial charge in [-0.2, -0.15) is 0 Å². The van der Waals surface area contributed by atoms with Crippen molar-refractivity contribution in [3.8, 4) is 5.75 Å². The van der Waals surface area contributed by atoms with Gasteiger partial charge in [0, 0.05) is 29.2 Å². The van der Waals surface area contributed by atoms with Gasteiger partial charge in [-0.15, -0.1) is 0 Å². The van der Waals surface area contributed by atoms with Crippen molar-refractivity contribution >= 4 is 34.4 Å². The number of benzene rings is 2. The van der Waals surface area contributed by atoms with E-state index in [1.807, 2.05) is 49.5 Å². The minimum atomic E-state index is -0.717. The number of nitrogens with zero attached hydrogens (tertiary/aromatic N) is 1. The molecule has 4 rings (SSSR count). The first-order valence-electron chi connectivity index (χ1n) is 11.3. The lowest BCUT2D eigenvalue weighted by Crippen LogP contribution is -2.40. The number of carboxylic acid groups (broad SMARTS) is 1. The number of aromatic nitrogens is 1. The Labute approximate surface area is 198 Å². The molecule has 2 N–H and O–H groups in total. The van der Waals surface area contributed by atoms with Crippen molar-refractivity contribution in [2.75, 3.05) is 7.11 Å². The first-order valence-corrected chi connectivity index (χ1v) is 11.7. The molecular weight excluding hydrogens is 440 g/mol. The van der Waals surface area contributed by atoms with Crippen LogP contribution in [0.1, 0.15) is 48.5 Å². The molecule has 6 nitrogen and oxygen atoms in total. The number of methoxy groups -OCH3 is 1. The van der Waals surface area contributed by atoms with E-state index in [0.29, 0.717) is 35.7 Å². The Hall–Kier alpha value is -2.99. The summed E-state index contributed by atoms with van der Waals surface area (Å²) >= 11 is 6.02. The van der Waals surface area contributed by atoms with Gasteiger partial charge in [0.2, 0.25) is 0 Å². The number of rotatable bonds is 7. The van der Waals surface area contributed by atoms with Crippen LogP contribution in [-0.2, 0) is 11.3 Å². The molecule has 1 amide bonds. The number of ether oxygens (including phenoxy) is 1. The van der Waals surface area contributed by atoms with Crippen LogP contribution in [0.3, 0.4) is 0 Å². The van der Waals surface area contributed by atoms with E-state index >= 15 is 0 Å². The molecule has 0 saturated heterocycles. The molecule has 1 aliphatic rings. The Kier molecular flexibility index (Phi) is 6.94. The van der Waals surface area contributed by atoms with Crippen LogP contribution in [-0.4, -0.2) is 34.7 Å². The number of amides is 1. The van der Waals surface area contributed by atoms with Gasteiger partial charge in [0.25, 0.3) is 5.91 Å². The average molecular weight is 469 g/mol. The molecule has 3 aromatic rings. The fraction of sp³-hybridized carbons (Fsp3) is 0.385. The minimum absolute atomic E-state index is 0.0480. The number of nitrogens with one attached hydrogen (secondary N) is 1. The molecule has 0 radical (unpaired) electrons. The zero-order chi connectivity index (χ0) is 23.5. The summed E-state index contributed by atoms with van der Waals surface area (Å²) in [6, 6.07) is 13.3. The van der Waals surface area contributed by atoms with E-state index < -0.39 is 5.97 Å². The van der Waals surface area contributed by atoms with Crippen LogP contribution >= 0.6 is 11.6 Å². The van der Waals surface area contributed by atoms with Crippen LogP contribution in [0.15, 0.2) is 48.7 Å². The Balaban J connectivity index is 1.57. The van der Waals surface area contributed by atoms with Gasteiger partial charge in [0.15, 0.2) is 0 Å². The number of hydrogen-bond acceptors (Lipinski definition) is 3. The lowest BCUT2D eigenvalue weighted by Gasteiger charge is -2.31. The molecule has 1 aliphatic carbocycles. The SMILES string of the molecule is COc1cc(C(=O)NC(C)C2CCC(C(=O)O)CC2)c2c(ccn2Cc2ccc(Cl)cc2)c1. The molecule has 1 heterocycles. The molecule has 7 heteroatoms. The molecular formula is C26H29ClN2O4. The number of carbonyl (C=O) groups is 2. The fourth-order valence-electron chi connectivity index (χ4n) is 4.80. The van der Waals surface area contributed by atoms with Gasteiger partial charge in [-0.25, -0.2) is 0 Å². The summed E-state index contributed by atoms with van der Waals surface area (Å²) in [5.41, 5.74) is 2.50. The van der Waals surface area contributed by atoms with Gasteiger partial charge in [-0.1, -0.05) is 23.7 Å². The van der Waals surface area contributed by atoms with E-state index in [4.69, 9.17) is 16.3 Å². The van der Waals surface area contributed by atoms with Crippen LogP contribution < -0.4 is 10.1 Å². The molecule has 1 fully saturated rings. The first-order chi connectivity index (χ1) is 15.9. The maximum Gasteiger partial charge on any atom is 0.306 e. The predicted octanol–water partition coefficient (Wildman–Crippen LogP) is 5.36. The maximum atomic E-state index is 13.4. The van der Waals surface area contributed by atoms with Crippen LogP contribution in [0.5, 0.6) is 5.75 Å². The molecule has 2 aromatic carbocycles. The summed E-state index contributed by atoms with van der Waals surface area (Å²) in [7, 11) is 1.59. The van der Waals surface area contributed by atoms with Gasteiger partial charge < -0.3 is 19.7 Å². The van der Waals surface area contributed by atoms with E-state index in [-0.39, 0.29) is 23.8 Å². The van der Waals surface area contributed by atoms with E-state index in [0.717, 1.165) is 29.3 Å². The molecule has 1 unspecified atom stereocenters. The summed E-state index contributed by atoms with van der Waals surface area (Å²) in [6.45, 7) is 2.62. The number of carbonyl (C=O) groups excluding carboxylic acids is 1. The normalized spacial score (nSPS) is 19.2. The lowest BCUT2D eigenvalue weighted by atomic mass is 9.79. The monoisotopic (exact) mass is 468 g/mol. The molecule has 1 saturated carbocycles. The standard InChI is InChI=1S/C26H29ClN2O4/c1-16(18-5-7-19(8-6-18)26(31)32)28-25(30)23-14-22(33-2)13-20-11-12-29(24(20)23)15-17-3-9-21(27)10-4-17/h3-4,9-14,16,18-19H,5-8,15H2,1-2H3,(H,28,30)(H,31,32). The average Bonchev–Trinajstić information content (AvgIpc) is 3.22. The highest BCUT2D eigenvalue weighted by atomic mass is 35.5.